The molecule has 0 spiro atoms. The first-order chi connectivity index (χ1) is 11.2. The highest BCUT2D eigenvalue weighted by Gasteiger charge is 2.44. The van der Waals surface area contributed by atoms with Gasteiger partial charge in [0.05, 0.1) is 12.9 Å². The maximum atomic E-state index is 11.8. The lowest BCUT2D eigenvalue weighted by Crippen LogP contribution is -2.33. The summed E-state index contributed by atoms with van der Waals surface area (Å²) in [5, 5.41) is 20.3. The van der Waals surface area contributed by atoms with Crippen LogP contribution in [0.3, 0.4) is 0 Å². The lowest BCUT2D eigenvalue weighted by molar-refractivity contribution is -0.0469. The molecule has 0 aliphatic carbocycles. The molecule has 1 fully saturated rings. The first kappa shape index (κ1) is 17.1. The summed E-state index contributed by atoms with van der Waals surface area (Å²) in [6.45, 7) is 2.72. The van der Waals surface area contributed by atoms with Gasteiger partial charge in [-0.15, -0.1) is 0 Å². The van der Waals surface area contributed by atoms with Crippen LogP contribution in [0.5, 0.6) is 0 Å². The fraction of sp³-hybridized carbons (Fsp3) is 0.583. The van der Waals surface area contributed by atoms with E-state index in [1.807, 2.05) is 0 Å². The number of hydrogen-bond acceptors (Lipinski definition) is 9. The van der Waals surface area contributed by atoms with Crippen molar-refractivity contribution in [3.05, 3.63) is 16.7 Å². The molecule has 0 aromatic carbocycles. The highest BCUT2D eigenvalue weighted by atomic mass is 31.2. The summed E-state index contributed by atoms with van der Waals surface area (Å²) in [5.74, 6) is -0.111. The number of aromatic amines is 1. The van der Waals surface area contributed by atoms with Crippen molar-refractivity contribution in [2.24, 2.45) is 0 Å². The molecule has 3 rings (SSSR count). The molecule has 2 aromatic rings. The van der Waals surface area contributed by atoms with Crippen LogP contribution < -0.4 is 11.3 Å². The molecule has 2 aromatic heterocycles. The lowest BCUT2D eigenvalue weighted by Gasteiger charge is -2.17. The van der Waals surface area contributed by atoms with Crippen molar-refractivity contribution in [1.82, 2.24) is 19.5 Å². The molecule has 1 aliphatic heterocycles. The van der Waals surface area contributed by atoms with Crippen molar-refractivity contribution in [3.8, 4) is 0 Å². The maximum Gasteiger partial charge on any atom is 0.280 e. The van der Waals surface area contributed by atoms with Crippen LogP contribution in [0.1, 0.15) is 6.23 Å². The van der Waals surface area contributed by atoms with Gasteiger partial charge in [-0.2, -0.15) is 4.98 Å². The van der Waals surface area contributed by atoms with Gasteiger partial charge >= 0.3 is 0 Å². The maximum absolute atomic E-state index is 11.8. The summed E-state index contributed by atoms with van der Waals surface area (Å²) in [6.07, 6.45) is -3.25. The van der Waals surface area contributed by atoms with Crippen LogP contribution in [-0.2, 0) is 13.8 Å². The molecule has 24 heavy (non-hydrogen) atoms. The fourth-order valence-corrected chi connectivity index (χ4v) is 2.98. The molecule has 4 atom stereocenters. The van der Waals surface area contributed by atoms with Gasteiger partial charge in [-0.25, -0.2) is 4.98 Å². The molecule has 11 nitrogen and oxygen atoms in total. The molecule has 3 heterocycles. The number of anilines is 1. The number of hydrogen-bond donors (Lipinski definition) is 4. The Bertz CT molecular complexity index is 859. The molecule has 132 valence electrons. The monoisotopic (exact) mass is 359 g/mol. The van der Waals surface area contributed by atoms with E-state index in [0.29, 0.717) is 0 Å². The zero-order valence-corrected chi connectivity index (χ0v) is 13.9. The zero-order chi connectivity index (χ0) is 17.6. The Morgan fingerprint density at radius 1 is 1.46 bits per heavy atom. The van der Waals surface area contributed by atoms with E-state index in [-0.39, 0.29) is 23.7 Å². The number of nitrogens with zero attached hydrogens (tertiary/aromatic N) is 3. The van der Waals surface area contributed by atoms with Gasteiger partial charge in [0.15, 0.2) is 24.8 Å². The van der Waals surface area contributed by atoms with Crippen LogP contribution in [0, 0.1) is 0 Å². The van der Waals surface area contributed by atoms with E-state index in [9.17, 15) is 19.6 Å². The molecule has 0 radical (unpaired) electrons. The van der Waals surface area contributed by atoms with Gasteiger partial charge in [-0.1, -0.05) is 0 Å². The van der Waals surface area contributed by atoms with Crippen LogP contribution in [0.15, 0.2) is 11.1 Å². The van der Waals surface area contributed by atoms with Crippen molar-refractivity contribution in [2.45, 2.75) is 24.5 Å². The predicted octanol–water partition coefficient (Wildman–Crippen LogP) is -1.12. The number of rotatable bonds is 4. The molecule has 1 saturated heterocycles. The van der Waals surface area contributed by atoms with Gasteiger partial charge in [0.2, 0.25) is 5.95 Å². The van der Waals surface area contributed by atoms with E-state index in [1.54, 1.807) is 0 Å². The van der Waals surface area contributed by atoms with Gasteiger partial charge in [-0.3, -0.25) is 18.9 Å². The van der Waals surface area contributed by atoms with Crippen molar-refractivity contribution >= 4 is 24.5 Å². The third kappa shape index (κ3) is 3.08. The second-order valence-electron chi connectivity index (χ2n) is 5.87. The molecule has 0 amide bonds. The summed E-state index contributed by atoms with van der Waals surface area (Å²) in [4.78, 5) is 22.0. The summed E-state index contributed by atoms with van der Waals surface area (Å²) in [5.41, 5.74) is 5.14. The molecule has 0 saturated carbocycles. The number of fused-ring (bicyclic) bond motifs is 1. The molecule has 0 unspecified atom stereocenters. The van der Waals surface area contributed by atoms with Crippen LogP contribution in [-0.4, -0.2) is 68.0 Å². The van der Waals surface area contributed by atoms with Crippen molar-refractivity contribution in [1.29, 1.82) is 0 Å². The van der Waals surface area contributed by atoms with Gasteiger partial charge in [0.25, 0.3) is 5.56 Å². The van der Waals surface area contributed by atoms with Gasteiger partial charge in [0.1, 0.15) is 18.3 Å². The summed E-state index contributed by atoms with van der Waals surface area (Å²) < 4.78 is 23.7. The molecule has 0 bridgehead atoms. The smallest absolute Gasteiger partial charge is 0.280 e. The first-order valence-electron chi connectivity index (χ1n) is 7.11. The molecule has 12 heteroatoms. The largest absolute Gasteiger partial charge is 0.387 e. The first-order valence-corrected chi connectivity index (χ1v) is 9.63. The molecular formula is C12H18N5O6P. The average Bonchev–Trinajstić information content (AvgIpc) is 3.00. The number of nitrogens with two attached hydrogens (primary N) is 1. The highest BCUT2D eigenvalue weighted by molar-refractivity contribution is 7.57. The minimum absolute atomic E-state index is 0.0285. The molecule has 5 N–H and O–H groups in total. The minimum Gasteiger partial charge on any atom is -0.387 e. The second kappa shape index (κ2) is 5.94. The third-order valence-corrected chi connectivity index (χ3v) is 4.38. The zero-order valence-electron chi connectivity index (χ0n) is 13.0. The Morgan fingerprint density at radius 2 is 2.17 bits per heavy atom. The van der Waals surface area contributed by atoms with Gasteiger partial charge in [0, 0.05) is 13.3 Å². The number of aromatic nitrogens is 4. The standard InChI is InChI=1S/C12H18N5O6P/c1-24(2,21)22-3-5-7(18)8(19)11(23-5)17-4-14-6-9(17)15-12(13)16-10(6)20/h4-5,7-8,11,18-19H,3H2,1-2H3,(H3,13,15,16,20)/t5-,7-,8-,11-/m1/s1. The normalized spacial score (nSPS) is 27.8. The minimum atomic E-state index is -2.76. The van der Waals surface area contributed by atoms with E-state index in [1.165, 1.54) is 24.2 Å². The predicted molar refractivity (Wildman–Crippen MR) is 83.9 cm³/mol. The quantitative estimate of drug-likeness (QED) is 0.494. The summed E-state index contributed by atoms with van der Waals surface area (Å²) >= 11 is 0. The topological polar surface area (TPSA) is 166 Å². The van der Waals surface area contributed by atoms with E-state index in [4.69, 9.17) is 15.0 Å². The van der Waals surface area contributed by atoms with Crippen LogP contribution in [0.25, 0.3) is 11.2 Å². The third-order valence-electron chi connectivity index (χ3n) is 3.61. The summed E-state index contributed by atoms with van der Waals surface area (Å²) in [6, 6.07) is 0. The van der Waals surface area contributed by atoms with Gasteiger partial charge in [-0.05, 0) is 0 Å². The number of H-pyrrole nitrogens is 1. The molecular weight excluding hydrogens is 341 g/mol. The Kier molecular flexibility index (Phi) is 4.22. The van der Waals surface area contributed by atoms with Crippen molar-refractivity contribution in [2.75, 3.05) is 25.7 Å². The van der Waals surface area contributed by atoms with E-state index in [2.05, 4.69) is 15.0 Å². The van der Waals surface area contributed by atoms with Crippen LogP contribution in [0.2, 0.25) is 0 Å². The van der Waals surface area contributed by atoms with Crippen LogP contribution in [0.4, 0.5) is 5.95 Å². The Labute approximate surface area is 135 Å². The number of imidazole rings is 1. The van der Waals surface area contributed by atoms with Crippen molar-refractivity contribution < 1.29 is 24.0 Å². The Balaban J connectivity index is 1.90. The van der Waals surface area contributed by atoms with Gasteiger partial charge < -0.3 is 25.2 Å². The summed E-state index contributed by atoms with van der Waals surface area (Å²) in [7, 11) is -2.76. The Morgan fingerprint density at radius 3 is 2.83 bits per heavy atom. The number of nitrogens with one attached hydrogen (secondary N) is 1. The number of nitrogen functional groups attached to an aromatic ring is 1. The van der Waals surface area contributed by atoms with E-state index in [0.717, 1.165) is 0 Å². The van der Waals surface area contributed by atoms with Crippen LogP contribution >= 0.6 is 7.37 Å². The van der Waals surface area contributed by atoms with E-state index >= 15 is 0 Å². The van der Waals surface area contributed by atoms with Crippen molar-refractivity contribution in [3.63, 3.8) is 0 Å². The van der Waals surface area contributed by atoms with E-state index < -0.39 is 37.5 Å². The Hall–Kier alpha value is -1.78. The average molecular weight is 359 g/mol. The number of ether oxygens (including phenoxy) is 1. The highest BCUT2D eigenvalue weighted by Crippen LogP contribution is 2.39. The fourth-order valence-electron chi connectivity index (χ4n) is 2.48. The SMILES string of the molecule is CP(C)(=O)OC[C@H]1O[C@@H](n2cnc3c(=O)[nH]c(N)nc32)[C@H](O)[C@@H]1O. The lowest BCUT2D eigenvalue weighted by atomic mass is 10.1. The second-order valence-corrected chi connectivity index (χ2v) is 8.63. The molecule has 1 aliphatic rings. The number of aliphatic hydroxyl groups excluding tert-OH is 2. The number of aliphatic hydroxyl groups is 2.